The second-order valence-corrected chi connectivity index (χ2v) is 7.48. The molecule has 15 heavy (non-hydrogen) atoms. The summed E-state index contributed by atoms with van der Waals surface area (Å²) >= 11 is 11.0. The molecule has 0 fully saturated rings. The third kappa shape index (κ3) is 3.31. The van der Waals surface area contributed by atoms with Gasteiger partial charge in [0.2, 0.25) is 0 Å². The Morgan fingerprint density at radius 1 is 1.07 bits per heavy atom. The Morgan fingerprint density at radius 2 is 1.60 bits per heavy atom. The van der Waals surface area contributed by atoms with Gasteiger partial charge >= 0.3 is 0 Å². The Labute approximate surface area is 117 Å². The van der Waals surface area contributed by atoms with E-state index in [4.69, 9.17) is 0 Å². The summed E-state index contributed by atoms with van der Waals surface area (Å²) < 4.78 is 2.33. The van der Waals surface area contributed by atoms with Gasteiger partial charge in [-0.05, 0) is 35.6 Å². The Kier molecular flexibility index (Phi) is 4.47. The van der Waals surface area contributed by atoms with Crippen molar-refractivity contribution in [2.45, 2.75) is 32.5 Å². The molecule has 1 unspecified atom stereocenters. The highest BCUT2D eigenvalue weighted by Crippen LogP contribution is 2.44. The van der Waals surface area contributed by atoms with E-state index >= 15 is 0 Å². The molecule has 1 atom stereocenters. The highest BCUT2D eigenvalue weighted by Gasteiger charge is 2.25. The van der Waals surface area contributed by atoms with Crippen LogP contribution < -0.4 is 0 Å². The van der Waals surface area contributed by atoms with Crippen LogP contribution in [0.2, 0.25) is 0 Å². The zero-order valence-electron chi connectivity index (χ0n) is 9.37. The van der Waals surface area contributed by atoms with Gasteiger partial charge in [-0.25, -0.2) is 0 Å². The zero-order chi connectivity index (χ0) is 11.8. The van der Waals surface area contributed by atoms with E-state index in [2.05, 4.69) is 87.6 Å². The minimum atomic E-state index is 0.206. The van der Waals surface area contributed by atoms with E-state index in [9.17, 15) is 0 Å². The largest absolute Gasteiger partial charge is 0.0833 e. The van der Waals surface area contributed by atoms with Crippen LogP contribution in [0.1, 0.15) is 36.7 Å². The second kappa shape index (κ2) is 4.89. The molecule has 3 heteroatoms. The molecule has 1 rings (SSSR count). The summed E-state index contributed by atoms with van der Waals surface area (Å²) in [5, 5.41) is 0. The van der Waals surface area contributed by atoms with E-state index in [1.54, 1.807) is 0 Å². The summed E-state index contributed by atoms with van der Waals surface area (Å²) in [6.07, 6.45) is 0. The minimum Gasteiger partial charge on any atom is -0.0833 e. The highest BCUT2D eigenvalue weighted by molar-refractivity contribution is 9.11. The fraction of sp³-hybridized carbons (Fsp3) is 0.500. The summed E-state index contributed by atoms with van der Waals surface area (Å²) in [5.41, 5.74) is 2.75. The minimum absolute atomic E-state index is 0.206. The van der Waals surface area contributed by atoms with E-state index < -0.39 is 0 Å². The normalized spacial score (nSPS) is 14.1. The van der Waals surface area contributed by atoms with Crippen molar-refractivity contribution in [2.24, 2.45) is 5.41 Å². The monoisotopic (exact) mass is 396 g/mol. The Bertz CT molecular complexity index is 364. The first-order valence-corrected chi connectivity index (χ1v) is 7.33. The molecular weight excluding hydrogens is 384 g/mol. The molecule has 0 heterocycles. The van der Waals surface area contributed by atoms with Gasteiger partial charge in [-0.2, -0.15) is 0 Å². The molecule has 0 aliphatic carbocycles. The average Bonchev–Trinajstić information content (AvgIpc) is 2.08. The molecule has 0 amide bonds. The highest BCUT2D eigenvalue weighted by atomic mass is 79.9. The maximum atomic E-state index is 3.77. The van der Waals surface area contributed by atoms with Gasteiger partial charge in [0.1, 0.15) is 0 Å². The third-order valence-corrected chi connectivity index (χ3v) is 5.72. The van der Waals surface area contributed by atoms with E-state index in [1.165, 1.54) is 15.6 Å². The van der Waals surface area contributed by atoms with Crippen molar-refractivity contribution in [3.63, 3.8) is 0 Å². The fourth-order valence-electron chi connectivity index (χ4n) is 1.32. The average molecular weight is 399 g/mol. The molecule has 0 aliphatic heterocycles. The predicted molar refractivity (Wildman–Crippen MR) is 77.7 cm³/mol. The number of rotatable bonds is 1. The molecule has 0 saturated carbocycles. The van der Waals surface area contributed by atoms with Crippen LogP contribution in [0.3, 0.4) is 0 Å². The van der Waals surface area contributed by atoms with Crippen LogP contribution >= 0.6 is 47.8 Å². The van der Waals surface area contributed by atoms with Gasteiger partial charge in [0.25, 0.3) is 0 Å². The van der Waals surface area contributed by atoms with Gasteiger partial charge in [-0.3, -0.25) is 0 Å². The first kappa shape index (κ1) is 13.7. The summed E-state index contributed by atoms with van der Waals surface area (Å²) in [6, 6.07) is 4.34. The van der Waals surface area contributed by atoms with E-state index in [0.717, 1.165) is 4.47 Å². The van der Waals surface area contributed by atoms with Crippen molar-refractivity contribution in [3.8, 4) is 0 Å². The Hall–Kier alpha value is 0.660. The van der Waals surface area contributed by atoms with Crippen molar-refractivity contribution >= 4 is 47.8 Å². The molecule has 0 nitrogen and oxygen atoms in total. The van der Waals surface area contributed by atoms with E-state index in [-0.39, 0.29) is 5.41 Å². The summed E-state index contributed by atoms with van der Waals surface area (Å²) in [5.74, 6) is 0. The van der Waals surface area contributed by atoms with Crippen molar-refractivity contribution < 1.29 is 0 Å². The van der Waals surface area contributed by atoms with Crippen LogP contribution in [-0.2, 0) is 0 Å². The molecule has 1 aromatic rings. The summed E-state index contributed by atoms with van der Waals surface area (Å²) in [4.78, 5) is 0.344. The quantitative estimate of drug-likeness (QED) is 0.509. The maximum Gasteiger partial charge on any atom is 0.0455 e. The molecule has 1 aromatic carbocycles. The molecular formula is C12H15Br3. The van der Waals surface area contributed by atoms with Crippen LogP contribution in [0, 0.1) is 12.3 Å². The molecule has 0 aromatic heterocycles. The van der Waals surface area contributed by atoms with Crippen molar-refractivity contribution in [1.29, 1.82) is 0 Å². The lowest BCUT2D eigenvalue weighted by molar-refractivity contribution is 0.406. The summed E-state index contributed by atoms with van der Waals surface area (Å²) in [6.45, 7) is 8.78. The summed E-state index contributed by atoms with van der Waals surface area (Å²) in [7, 11) is 0. The van der Waals surface area contributed by atoms with E-state index in [0.29, 0.717) is 4.83 Å². The topological polar surface area (TPSA) is 0 Å². The molecule has 0 N–H and O–H groups in total. The van der Waals surface area contributed by atoms with Gasteiger partial charge in [0.05, 0.1) is 0 Å². The molecule has 0 aliphatic rings. The van der Waals surface area contributed by atoms with Gasteiger partial charge in [0, 0.05) is 13.8 Å². The molecule has 0 bridgehead atoms. The van der Waals surface area contributed by atoms with Gasteiger partial charge in [-0.1, -0.05) is 68.6 Å². The van der Waals surface area contributed by atoms with Crippen molar-refractivity contribution in [1.82, 2.24) is 0 Å². The van der Waals surface area contributed by atoms with E-state index in [1.807, 2.05) is 0 Å². The predicted octanol–water partition coefficient (Wildman–Crippen LogP) is 6.00. The van der Waals surface area contributed by atoms with Gasteiger partial charge in [-0.15, -0.1) is 0 Å². The SMILES string of the molecule is Cc1cc(Br)c(C(Br)C(C)(C)C)cc1Br. The van der Waals surface area contributed by atoms with Gasteiger partial charge < -0.3 is 0 Å². The molecule has 84 valence electrons. The van der Waals surface area contributed by atoms with Crippen LogP contribution in [0.5, 0.6) is 0 Å². The molecule has 0 spiro atoms. The standard InChI is InChI=1S/C12H15Br3/c1-7-5-10(14)8(6-9(7)13)11(15)12(2,3)4/h5-6,11H,1-4H3. The number of aryl methyl sites for hydroxylation is 1. The number of benzene rings is 1. The first-order chi connectivity index (χ1) is 6.73. The smallest absolute Gasteiger partial charge is 0.0455 e. The maximum absolute atomic E-state index is 3.77. The first-order valence-electron chi connectivity index (χ1n) is 4.83. The van der Waals surface area contributed by atoms with Crippen LogP contribution in [0.15, 0.2) is 21.1 Å². The fourth-order valence-corrected chi connectivity index (χ4v) is 3.06. The number of halogens is 3. The number of alkyl halides is 1. The molecule has 0 saturated heterocycles. The van der Waals surface area contributed by atoms with Crippen molar-refractivity contribution in [3.05, 3.63) is 32.2 Å². The van der Waals surface area contributed by atoms with Crippen LogP contribution in [0.4, 0.5) is 0 Å². The Morgan fingerprint density at radius 3 is 2.07 bits per heavy atom. The van der Waals surface area contributed by atoms with Crippen LogP contribution in [-0.4, -0.2) is 0 Å². The molecule has 0 radical (unpaired) electrons. The van der Waals surface area contributed by atoms with Crippen molar-refractivity contribution in [2.75, 3.05) is 0 Å². The third-order valence-electron chi connectivity index (χ3n) is 2.31. The van der Waals surface area contributed by atoms with Crippen LogP contribution in [0.25, 0.3) is 0 Å². The van der Waals surface area contributed by atoms with Gasteiger partial charge in [0.15, 0.2) is 0 Å². The lowest BCUT2D eigenvalue weighted by atomic mass is 9.88. The number of hydrogen-bond donors (Lipinski definition) is 0. The Balaban J connectivity index is 3.21. The lowest BCUT2D eigenvalue weighted by Gasteiger charge is -2.27. The second-order valence-electron chi connectivity index (χ2n) is 4.85. The number of hydrogen-bond acceptors (Lipinski definition) is 0. The lowest BCUT2D eigenvalue weighted by Crippen LogP contribution is -2.13. The zero-order valence-corrected chi connectivity index (χ0v) is 14.1.